The van der Waals surface area contributed by atoms with E-state index in [-0.39, 0.29) is 5.91 Å². The normalized spacial score (nSPS) is 10.4. The lowest BCUT2D eigenvalue weighted by molar-refractivity contribution is 0.0944. The third-order valence-electron chi connectivity index (χ3n) is 3.65. The molecule has 3 aromatic rings. The largest absolute Gasteiger partial charge is 0.497 e. The van der Waals surface area contributed by atoms with Gasteiger partial charge in [-0.25, -0.2) is 0 Å². The number of aromatic amines is 1. The zero-order valence-corrected chi connectivity index (χ0v) is 15.4. The maximum Gasteiger partial charge on any atom is 0.269 e. The Hall–Kier alpha value is -2.84. The van der Waals surface area contributed by atoms with Gasteiger partial charge < -0.3 is 10.1 Å². The van der Waals surface area contributed by atoms with E-state index in [1.807, 2.05) is 24.3 Å². The lowest BCUT2D eigenvalue weighted by Crippen LogP contribution is -2.46. The van der Waals surface area contributed by atoms with Crippen LogP contribution in [0.25, 0.3) is 10.9 Å². The summed E-state index contributed by atoms with van der Waals surface area (Å²) in [6.07, 6.45) is 0. The number of H-pyrrole nitrogens is 1. The second-order valence-electron chi connectivity index (χ2n) is 5.38. The Labute approximate surface area is 160 Å². The molecule has 0 spiro atoms. The number of carbonyl (C=O) groups is 1. The molecule has 1 amide bonds. The Morgan fingerprint density at radius 3 is 2.92 bits per heavy atom. The van der Waals surface area contributed by atoms with E-state index in [1.54, 1.807) is 25.3 Å². The lowest BCUT2D eigenvalue weighted by Gasteiger charge is -2.12. The van der Waals surface area contributed by atoms with Crippen LogP contribution in [0.2, 0.25) is 5.15 Å². The molecule has 4 N–H and O–H groups in total. The summed E-state index contributed by atoms with van der Waals surface area (Å²) in [6, 6.07) is 12.6. The zero-order chi connectivity index (χ0) is 18.5. The van der Waals surface area contributed by atoms with Crippen LogP contribution in [-0.2, 0) is 6.54 Å². The second-order valence-corrected chi connectivity index (χ2v) is 6.17. The summed E-state index contributed by atoms with van der Waals surface area (Å²) < 4.78 is 5.17. The molecular formula is C17H16ClN5O2S. The van der Waals surface area contributed by atoms with Crippen molar-refractivity contribution in [3.63, 3.8) is 0 Å². The van der Waals surface area contributed by atoms with Crippen molar-refractivity contribution in [3.05, 3.63) is 58.7 Å². The van der Waals surface area contributed by atoms with Gasteiger partial charge in [0.2, 0.25) is 0 Å². The summed E-state index contributed by atoms with van der Waals surface area (Å²) >= 11 is 11.2. The molecule has 1 heterocycles. The number of nitrogens with zero attached hydrogens (tertiary/aromatic N) is 1. The Balaban J connectivity index is 1.53. The molecule has 7 nitrogen and oxygen atoms in total. The molecule has 0 saturated carbocycles. The topological polar surface area (TPSA) is 91.1 Å². The van der Waals surface area contributed by atoms with Crippen LogP contribution in [0.15, 0.2) is 42.5 Å². The van der Waals surface area contributed by atoms with E-state index < -0.39 is 0 Å². The van der Waals surface area contributed by atoms with Gasteiger partial charge in [0, 0.05) is 17.5 Å². The zero-order valence-electron chi connectivity index (χ0n) is 13.8. The van der Waals surface area contributed by atoms with E-state index >= 15 is 0 Å². The molecule has 1 aromatic heterocycles. The number of rotatable bonds is 4. The van der Waals surface area contributed by atoms with E-state index in [0.717, 1.165) is 11.3 Å². The Kier molecular flexibility index (Phi) is 5.55. The van der Waals surface area contributed by atoms with Crippen LogP contribution in [-0.4, -0.2) is 28.3 Å². The quantitative estimate of drug-likeness (QED) is 0.405. The number of benzene rings is 2. The number of amides is 1. The van der Waals surface area contributed by atoms with Gasteiger partial charge >= 0.3 is 0 Å². The van der Waals surface area contributed by atoms with Gasteiger partial charge in [0.05, 0.1) is 12.6 Å². The van der Waals surface area contributed by atoms with Crippen molar-refractivity contribution in [1.82, 2.24) is 26.4 Å². The van der Waals surface area contributed by atoms with Gasteiger partial charge in [-0.1, -0.05) is 23.7 Å². The molecule has 0 radical (unpaired) electrons. The van der Waals surface area contributed by atoms with Gasteiger partial charge in [-0.05, 0) is 48.1 Å². The Morgan fingerprint density at radius 2 is 2.12 bits per heavy atom. The highest BCUT2D eigenvalue weighted by Gasteiger charge is 2.10. The lowest BCUT2D eigenvalue weighted by atomic mass is 10.1. The number of methoxy groups -OCH3 is 1. The Bertz CT molecular complexity index is 959. The second kappa shape index (κ2) is 8.03. The minimum atomic E-state index is -0.338. The van der Waals surface area contributed by atoms with Crippen molar-refractivity contribution in [3.8, 4) is 5.75 Å². The number of hydrogen-bond acceptors (Lipinski definition) is 4. The third kappa shape index (κ3) is 4.22. The predicted molar refractivity (Wildman–Crippen MR) is 104 cm³/mol. The number of aromatic nitrogens is 2. The highest BCUT2D eigenvalue weighted by molar-refractivity contribution is 7.80. The molecule has 3 rings (SSSR count). The maximum absolute atomic E-state index is 12.2. The Morgan fingerprint density at radius 1 is 1.27 bits per heavy atom. The fourth-order valence-electron chi connectivity index (χ4n) is 2.31. The van der Waals surface area contributed by atoms with Crippen LogP contribution >= 0.6 is 23.8 Å². The van der Waals surface area contributed by atoms with Crippen molar-refractivity contribution in [1.29, 1.82) is 0 Å². The van der Waals surface area contributed by atoms with Crippen molar-refractivity contribution in [2.45, 2.75) is 6.54 Å². The van der Waals surface area contributed by atoms with Gasteiger partial charge in [0.15, 0.2) is 5.11 Å². The van der Waals surface area contributed by atoms with E-state index in [0.29, 0.717) is 33.3 Å². The van der Waals surface area contributed by atoms with Crippen LogP contribution in [0, 0.1) is 0 Å². The van der Waals surface area contributed by atoms with Gasteiger partial charge in [-0.2, -0.15) is 5.10 Å². The fourth-order valence-corrected chi connectivity index (χ4v) is 2.63. The molecule has 134 valence electrons. The molecule has 9 heteroatoms. The third-order valence-corrected chi connectivity index (χ3v) is 4.18. The molecule has 0 aliphatic carbocycles. The monoisotopic (exact) mass is 389 g/mol. The average molecular weight is 390 g/mol. The number of hydrazine groups is 1. The summed E-state index contributed by atoms with van der Waals surface area (Å²) in [6.45, 7) is 0.496. The molecule has 2 aromatic carbocycles. The number of thiocarbonyl (C=S) groups is 1. The smallest absolute Gasteiger partial charge is 0.269 e. The van der Waals surface area contributed by atoms with Gasteiger partial charge in [-0.15, -0.1) is 0 Å². The summed E-state index contributed by atoms with van der Waals surface area (Å²) in [7, 11) is 1.61. The minimum absolute atomic E-state index is 0.295. The molecule has 0 saturated heterocycles. The first kappa shape index (κ1) is 18.0. The van der Waals surface area contributed by atoms with Crippen molar-refractivity contribution in [2.24, 2.45) is 0 Å². The van der Waals surface area contributed by atoms with Crippen molar-refractivity contribution >= 4 is 45.7 Å². The fraction of sp³-hybridized carbons (Fsp3) is 0.118. The van der Waals surface area contributed by atoms with Crippen LogP contribution in [0.4, 0.5) is 0 Å². The molecule has 0 aliphatic heterocycles. The maximum atomic E-state index is 12.2. The molecule has 0 bridgehead atoms. The summed E-state index contributed by atoms with van der Waals surface area (Å²) in [5.74, 6) is 0.430. The summed E-state index contributed by atoms with van der Waals surface area (Å²) in [5, 5.41) is 11.0. The van der Waals surface area contributed by atoms with Gasteiger partial charge in [0.25, 0.3) is 5.91 Å². The predicted octanol–water partition coefficient (Wildman–Crippen LogP) is 2.53. The van der Waals surface area contributed by atoms with E-state index in [2.05, 4.69) is 26.4 Å². The van der Waals surface area contributed by atoms with Crippen LogP contribution < -0.4 is 20.9 Å². The van der Waals surface area contributed by atoms with E-state index in [1.165, 1.54) is 0 Å². The van der Waals surface area contributed by atoms with Crippen LogP contribution in [0.5, 0.6) is 5.75 Å². The highest BCUT2D eigenvalue weighted by atomic mass is 35.5. The molecule has 0 aliphatic rings. The summed E-state index contributed by atoms with van der Waals surface area (Å²) in [4.78, 5) is 12.2. The summed E-state index contributed by atoms with van der Waals surface area (Å²) in [5.41, 5.74) is 7.34. The number of hydrogen-bond donors (Lipinski definition) is 4. The number of nitrogens with one attached hydrogen (secondary N) is 4. The average Bonchev–Trinajstić information content (AvgIpc) is 3.05. The first-order chi connectivity index (χ1) is 12.6. The molecule has 0 fully saturated rings. The van der Waals surface area contributed by atoms with E-state index in [9.17, 15) is 4.79 Å². The highest BCUT2D eigenvalue weighted by Crippen LogP contribution is 2.21. The van der Waals surface area contributed by atoms with Gasteiger partial charge in [0.1, 0.15) is 10.9 Å². The van der Waals surface area contributed by atoms with Crippen LogP contribution in [0.3, 0.4) is 0 Å². The first-order valence-corrected chi connectivity index (χ1v) is 8.46. The van der Waals surface area contributed by atoms with Crippen molar-refractivity contribution < 1.29 is 9.53 Å². The molecule has 26 heavy (non-hydrogen) atoms. The number of carbonyl (C=O) groups excluding carboxylic acids is 1. The van der Waals surface area contributed by atoms with Crippen LogP contribution in [0.1, 0.15) is 15.9 Å². The molecule has 0 atom stereocenters. The molecule has 0 unspecified atom stereocenters. The number of halogens is 1. The SMILES string of the molecule is COc1cccc(CNC(=S)NNC(=O)c2ccc3n[nH]c(Cl)c3c2)c1. The van der Waals surface area contributed by atoms with Crippen molar-refractivity contribution in [2.75, 3.05) is 7.11 Å². The first-order valence-electron chi connectivity index (χ1n) is 7.67. The van der Waals surface area contributed by atoms with E-state index in [4.69, 9.17) is 28.6 Å². The minimum Gasteiger partial charge on any atom is -0.497 e. The molecular weight excluding hydrogens is 374 g/mol. The number of fused-ring (bicyclic) bond motifs is 1. The van der Waals surface area contributed by atoms with Gasteiger partial charge in [-0.3, -0.25) is 20.7 Å². The standard InChI is InChI=1S/C17H16ClN5O2S/c1-25-12-4-2-3-10(7-12)9-19-17(26)23-22-16(24)11-5-6-14-13(8-11)15(18)21-20-14/h2-8H,9H2,1H3,(H,20,21)(H,22,24)(H2,19,23,26). The number of ether oxygens (including phenoxy) is 1.